The van der Waals surface area contributed by atoms with Gasteiger partial charge in [0.25, 0.3) is 0 Å². The Balaban J connectivity index is 1.70. The van der Waals surface area contributed by atoms with Crippen LogP contribution in [0.5, 0.6) is 0 Å². The van der Waals surface area contributed by atoms with Crippen LogP contribution in [0, 0.1) is 31.6 Å². The molecule has 2 saturated heterocycles. The molecule has 5 rings (SSSR count). The molecule has 6 heteroatoms. The number of benzene rings is 2. The van der Waals surface area contributed by atoms with Crippen molar-refractivity contribution in [2.45, 2.75) is 39.3 Å². The van der Waals surface area contributed by atoms with Crippen LogP contribution in [0.4, 0.5) is 11.4 Å². The van der Waals surface area contributed by atoms with Gasteiger partial charge in [-0.3, -0.25) is 19.7 Å². The number of imide groups is 1. The Bertz CT molecular complexity index is 1110. The molecule has 6 nitrogen and oxygen atoms in total. The standard InChI is InChI=1S/C24H25N3O3/c1-12(2)20-18-19(24(26-20)15-7-5-6-8-16(15)25-23(24)30)22(29)27(21(18)28)17-10-9-13(3)11-14(17)4/h5-12,18-20,26H,1-4H3,(H,25,30)/t18-,19+,20+,24-/m1/s1. The number of nitrogens with zero attached hydrogens (tertiary/aromatic N) is 1. The average molecular weight is 403 g/mol. The SMILES string of the molecule is Cc1ccc(N2C(=O)[C@@H]3[C@@H](C2=O)[C@@]2(N[C@H]3C(C)C)C(=O)Nc3ccccc32)c(C)c1. The largest absolute Gasteiger partial charge is 0.324 e. The monoisotopic (exact) mass is 403 g/mol. The molecule has 1 spiro atoms. The van der Waals surface area contributed by atoms with Gasteiger partial charge in [-0.1, -0.05) is 49.7 Å². The van der Waals surface area contributed by atoms with Crippen molar-refractivity contribution < 1.29 is 14.4 Å². The van der Waals surface area contributed by atoms with E-state index in [4.69, 9.17) is 0 Å². The molecule has 4 atom stereocenters. The maximum atomic E-state index is 13.8. The van der Waals surface area contributed by atoms with Crippen LogP contribution in [-0.2, 0) is 19.9 Å². The molecule has 154 valence electrons. The number of rotatable bonds is 2. The molecule has 0 aromatic heterocycles. The van der Waals surface area contributed by atoms with Crippen LogP contribution in [-0.4, -0.2) is 23.8 Å². The topological polar surface area (TPSA) is 78.5 Å². The van der Waals surface area contributed by atoms with E-state index in [2.05, 4.69) is 10.6 Å². The molecule has 3 heterocycles. The molecule has 2 fully saturated rings. The number of fused-ring (bicyclic) bond motifs is 4. The first-order valence-electron chi connectivity index (χ1n) is 10.4. The quantitative estimate of drug-likeness (QED) is 0.756. The molecule has 0 bridgehead atoms. The summed E-state index contributed by atoms with van der Waals surface area (Å²) in [6.07, 6.45) is 0. The minimum absolute atomic E-state index is 0.0771. The Morgan fingerprint density at radius 1 is 1.00 bits per heavy atom. The highest BCUT2D eigenvalue weighted by atomic mass is 16.2. The van der Waals surface area contributed by atoms with Crippen molar-refractivity contribution in [3.05, 3.63) is 59.2 Å². The highest BCUT2D eigenvalue weighted by Crippen LogP contribution is 2.54. The first-order chi connectivity index (χ1) is 14.3. The number of carbonyl (C=O) groups excluding carboxylic acids is 3. The number of anilines is 2. The molecule has 2 aromatic rings. The molecule has 0 saturated carbocycles. The summed E-state index contributed by atoms with van der Waals surface area (Å²) in [7, 11) is 0. The van der Waals surface area contributed by atoms with E-state index >= 15 is 0 Å². The summed E-state index contributed by atoms with van der Waals surface area (Å²) < 4.78 is 0. The first kappa shape index (κ1) is 19.0. The van der Waals surface area contributed by atoms with Gasteiger partial charge < -0.3 is 5.32 Å². The van der Waals surface area contributed by atoms with Crippen molar-refractivity contribution >= 4 is 29.1 Å². The first-order valence-corrected chi connectivity index (χ1v) is 10.4. The predicted octanol–water partition coefficient (Wildman–Crippen LogP) is 2.88. The van der Waals surface area contributed by atoms with Crippen LogP contribution in [0.3, 0.4) is 0 Å². The molecule has 30 heavy (non-hydrogen) atoms. The third-order valence-corrected chi connectivity index (χ3v) is 6.87. The van der Waals surface area contributed by atoms with E-state index in [-0.39, 0.29) is 29.7 Å². The van der Waals surface area contributed by atoms with Crippen LogP contribution < -0.4 is 15.5 Å². The maximum Gasteiger partial charge on any atom is 0.250 e. The number of carbonyl (C=O) groups is 3. The lowest BCUT2D eigenvalue weighted by Crippen LogP contribution is -2.54. The second-order valence-corrected chi connectivity index (χ2v) is 9.03. The third-order valence-electron chi connectivity index (χ3n) is 6.87. The molecule has 3 amide bonds. The average Bonchev–Trinajstić information content (AvgIpc) is 3.28. The Kier molecular flexibility index (Phi) is 3.96. The minimum atomic E-state index is -1.23. The Morgan fingerprint density at radius 2 is 1.73 bits per heavy atom. The summed E-state index contributed by atoms with van der Waals surface area (Å²) >= 11 is 0. The van der Waals surface area contributed by atoms with Gasteiger partial charge in [0.15, 0.2) is 0 Å². The molecular weight excluding hydrogens is 378 g/mol. The summed E-state index contributed by atoms with van der Waals surface area (Å²) in [6, 6.07) is 12.9. The Labute approximate surface area is 175 Å². The van der Waals surface area contributed by atoms with Crippen molar-refractivity contribution in [3.8, 4) is 0 Å². The van der Waals surface area contributed by atoms with Crippen molar-refractivity contribution in [3.63, 3.8) is 0 Å². The van der Waals surface area contributed by atoms with Gasteiger partial charge in [-0.2, -0.15) is 0 Å². The predicted molar refractivity (Wildman–Crippen MR) is 114 cm³/mol. The van der Waals surface area contributed by atoms with Crippen molar-refractivity contribution in [1.29, 1.82) is 0 Å². The van der Waals surface area contributed by atoms with Gasteiger partial charge in [0.05, 0.1) is 17.5 Å². The molecule has 3 aliphatic heterocycles. The second-order valence-electron chi connectivity index (χ2n) is 9.03. The van der Waals surface area contributed by atoms with E-state index in [1.807, 2.05) is 70.2 Å². The highest BCUT2D eigenvalue weighted by molar-refractivity contribution is 6.26. The minimum Gasteiger partial charge on any atom is -0.324 e. The van der Waals surface area contributed by atoms with E-state index in [0.29, 0.717) is 11.4 Å². The maximum absolute atomic E-state index is 13.8. The molecule has 0 radical (unpaired) electrons. The number of hydrogen-bond acceptors (Lipinski definition) is 4. The lowest BCUT2D eigenvalue weighted by molar-refractivity contribution is -0.130. The van der Waals surface area contributed by atoms with E-state index in [1.54, 1.807) is 0 Å². The smallest absolute Gasteiger partial charge is 0.250 e. The van der Waals surface area contributed by atoms with E-state index in [0.717, 1.165) is 16.7 Å². The van der Waals surface area contributed by atoms with Crippen molar-refractivity contribution in [2.24, 2.45) is 17.8 Å². The third kappa shape index (κ3) is 2.25. The Hall–Kier alpha value is -2.99. The fourth-order valence-electron chi connectivity index (χ4n) is 5.56. The van der Waals surface area contributed by atoms with Gasteiger partial charge in [-0.05, 0) is 37.5 Å². The summed E-state index contributed by atoms with van der Waals surface area (Å²) in [4.78, 5) is 42.1. The van der Waals surface area contributed by atoms with Crippen LogP contribution in [0.2, 0.25) is 0 Å². The van der Waals surface area contributed by atoms with Gasteiger partial charge in [0.1, 0.15) is 5.54 Å². The van der Waals surface area contributed by atoms with Gasteiger partial charge in [0.2, 0.25) is 17.7 Å². The summed E-state index contributed by atoms with van der Waals surface area (Å²) in [5.74, 6) is -2.08. The lowest BCUT2D eigenvalue weighted by atomic mass is 9.76. The fraction of sp³-hybridized carbons (Fsp3) is 0.375. The van der Waals surface area contributed by atoms with Gasteiger partial charge >= 0.3 is 0 Å². The fourth-order valence-corrected chi connectivity index (χ4v) is 5.56. The zero-order chi connectivity index (χ0) is 21.4. The molecule has 0 aliphatic carbocycles. The number of aryl methyl sites for hydroxylation is 2. The molecular formula is C24H25N3O3. The summed E-state index contributed by atoms with van der Waals surface area (Å²) in [5.41, 5.74) is 2.76. The second kappa shape index (κ2) is 6.25. The Morgan fingerprint density at radius 3 is 2.43 bits per heavy atom. The number of amides is 3. The normalized spacial score (nSPS) is 29.7. The number of hydrogen-bond donors (Lipinski definition) is 2. The number of para-hydroxylation sites is 1. The van der Waals surface area contributed by atoms with Crippen molar-refractivity contribution in [1.82, 2.24) is 5.32 Å². The van der Waals surface area contributed by atoms with Gasteiger partial charge in [-0.25, -0.2) is 4.90 Å². The number of nitrogens with one attached hydrogen (secondary N) is 2. The van der Waals surface area contributed by atoms with Crippen molar-refractivity contribution in [2.75, 3.05) is 10.2 Å². The zero-order valence-electron chi connectivity index (χ0n) is 17.5. The van der Waals surface area contributed by atoms with Crippen LogP contribution in [0.15, 0.2) is 42.5 Å². The van der Waals surface area contributed by atoms with E-state index < -0.39 is 17.4 Å². The highest BCUT2D eigenvalue weighted by Gasteiger charge is 2.71. The van der Waals surface area contributed by atoms with Crippen LogP contribution in [0.1, 0.15) is 30.5 Å². The van der Waals surface area contributed by atoms with Crippen LogP contribution >= 0.6 is 0 Å². The molecule has 3 aliphatic rings. The summed E-state index contributed by atoms with van der Waals surface area (Å²) in [6.45, 7) is 7.92. The van der Waals surface area contributed by atoms with Gasteiger partial charge in [-0.15, -0.1) is 0 Å². The summed E-state index contributed by atoms with van der Waals surface area (Å²) in [5, 5.41) is 6.38. The molecule has 2 N–H and O–H groups in total. The molecule has 2 aromatic carbocycles. The van der Waals surface area contributed by atoms with Crippen LogP contribution in [0.25, 0.3) is 0 Å². The van der Waals surface area contributed by atoms with E-state index in [1.165, 1.54) is 4.90 Å². The zero-order valence-corrected chi connectivity index (χ0v) is 17.5. The lowest BCUT2D eigenvalue weighted by Gasteiger charge is -2.30. The van der Waals surface area contributed by atoms with E-state index in [9.17, 15) is 14.4 Å². The molecule has 0 unspecified atom stereocenters. The van der Waals surface area contributed by atoms with Gasteiger partial charge in [0, 0.05) is 17.3 Å².